The van der Waals surface area contributed by atoms with Crippen molar-refractivity contribution in [3.8, 4) is 0 Å². The van der Waals surface area contributed by atoms with Gasteiger partial charge in [-0.3, -0.25) is 10.6 Å². The first kappa shape index (κ1) is 15.6. The molecule has 0 fully saturated rings. The lowest BCUT2D eigenvalue weighted by atomic mass is 10.1. The second-order valence-corrected chi connectivity index (χ2v) is 4.40. The van der Waals surface area contributed by atoms with Crippen LogP contribution in [0.4, 0.5) is 21.0 Å². The van der Waals surface area contributed by atoms with Crippen molar-refractivity contribution in [2.75, 3.05) is 23.8 Å². The van der Waals surface area contributed by atoms with E-state index in [0.717, 1.165) is 10.8 Å². The molecule has 2 N–H and O–H groups in total. The van der Waals surface area contributed by atoms with E-state index >= 15 is 0 Å². The fourth-order valence-corrected chi connectivity index (χ4v) is 2.07. The van der Waals surface area contributed by atoms with Crippen LogP contribution >= 0.6 is 0 Å². The van der Waals surface area contributed by atoms with Gasteiger partial charge < -0.3 is 9.47 Å². The van der Waals surface area contributed by atoms with Gasteiger partial charge in [0.15, 0.2) is 0 Å². The fourth-order valence-electron chi connectivity index (χ4n) is 2.07. The van der Waals surface area contributed by atoms with Crippen LogP contribution in [0.5, 0.6) is 0 Å². The highest BCUT2D eigenvalue weighted by Crippen LogP contribution is 2.30. The van der Waals surface area contributed by atoms with Gasteiger partial charge in [-0.1, -0.05) is 24.3 Å². The monoisotopic (exact) mass is 302 g/mol. The summed E-state index contributed by atoms with van der Waals surface area (Å²) in [7, 11) is 0. The topological polar surface area (TPSA) is 76.7 Å². The highest BCUT2D eigenvalue weighted by atomic mass is 16.6. The summed E-state index contributed by atoms with van der Waals surface area (Å²) in [6.45, 7) is 4.08. The van der Waals surface area contributed by atoms with E-state index in [2.05, 4.69) is 10.6 Å². The van der Waals surface area contributed by atoms with Gasteiger partial charge in [0.2, 0.25) is 0 Å². The zero-order chi connectivity index (χ0) is 15.9. The van der Waals surface area contributed by atoms with Crippen LogP contribution in [0.2, 0.25) is 0 Å². The van der Waals surface area contributed by atoms with Crippen molar-refractivity contribution in [2.24, 2.45) is 0 Å². The Morgan fingerprint density at radius 1 is 0.818 bits per heavy atom. The number of hydrogen-bond acceptors (Lipinski definition) is 4. The third-order valence-electron chi connectivity index (χ3n) is 2.95. The summed E-state index contributed by atoms with van der Waals surface area (Å²) in [6, 6.07) is 10.8. The van der Waals surface area contributed by atoms with Crippen LogP contribution in [0.25, 0.3) is 10.8 Å². The van der Waals surface area contributed by atoms with E-state index < -0.39 is 12.2 Å². The standard InChI is InChI=1S/C16H18N2O4/c1-3-21-15(19)17-13-9-10-14(18-16(20)22-4-2)12-8-6-5-7-11(12)13/h5-10H,3-4H2,1-2H3,(H,17,19)(H,18,20). The molecule has 2 rings (SSSR count). The molecule has 0 aromatic heterocycles. The molecule has 2 amide bonds. The average Bonchev–Trinajstić information content (AvgIpc) is 2.50. The molecule has 0 aliphatic heterocycles. The van der Waals surface area contributed by atoms with Gasteiger partial charge in [0, 0.05) is 10.8 Å². The summed E-state index contributed by atoms with van der Waals surface area (Å²) in [6.07, 6.45) is -1.03. The predicted molar refractivity (Wildman–Crippen MR) is 85.2 cm³/mol. The number of rotatable bonds is 4. The van der Waals surface area contributed by atoms with E-state index in [0.29, 0.717) is 24.6 Å². The van der Waals surface area contributed by atoms with Crippen molar-refractivity contribution in [1.82, 2.24) is 0 Å². The van der Waals surface area contributed by atoms with Gasteiger partial charge in [0.05, 0.1) is 24.6 Å². The molecule has 116 valence electrons. The fraction of sp³-hybridized carbons (Fsp3) is 0.250. The minimum atomic E-state index is -0.515. The van der Waals surface area contributed by atoms with E-state index in [-0.39, 0.29) is 0 Å². The Morgan fingerprint density at radius 3 is 1.59 bits per heavy atom. The maximum atomic E-state index is 11.6. The summed E-state index contributed by atoms with van der Waals surface area (Å²) in [5.41, 5.74) is 1.23. The van der Waals surface area contributed by atoms with Crippen LogP contribution in [0.1, 0.15) is 13.8 Å². The number of carbonyl (C=O) groups excluding carboxylic acids is 2. The van der Waals surface area contributed by atoms with Crippen LogP contribution in [0, 0.1) is 0 Å². The normalized spacial score (nSPS) is 10.1. The molecule has 0 bridgehead atoms. The van der Waals surface area contributed by atoms with Crippen molar-refractivity contribution >= 4 is 34.3 Å². The highest BCUT2D eigenvalue weighted by Gasteiger charge is 2.11. The largest absolute Gasteiger partial charge is 0.450 e. The van der Waals surface area contributed by atoms with Gasteiger partial charge in [-0.2, -0.15) is 0 Å². The van der Waals surface area contributed by atoms with Crippen molar-refractivity contribution in [3.05, 3.63) is 36.4 Å². The summed E-state index contributed by atoms with van der Waals surface area (Å²) >= 11 is 0. The first-order valence-corrected chi connectivity index (χ1v) is 7.05. The summed E-state index contributed by atoms with van der Waals surface area (Å²) in [5, 5.41) is 6.97. The predicted octanol–water partition coefficient (Wildman–Crippen LogP) is 3.98. The van der Waals surface area contributed by atoms with Crippen LogP contribution in [0.3, 0.4) is 0 Å². The molecule has 0 spiro atoms. The summed E-state index contributed by atoms with van der Waals surface area (Å²) < 4.78 is 9.76. The molecular formula is C16H18N2O4. The minimum absolute atomic E-state index is 0.298. The van der Waals surface area contributed by atoms with Crippen LogP contribution < -0.4 is 10.6 Å². The lowest BCUT2D eigenvalue weighted by Gasteiger charge is -2.13. The van der Waals surface area contributed by atoms with Crippen LogP contribution in [0.15, 0.2) is 36.4 Å². The maximum Gasteiger partial charge on any atom is 0.411 e. The third-order valence-corrected chi connectivity index (χ3v) is 2.95. The summed E-state index contributed by atoms with van der Waals surface area (Å²) in [4.78, 5) is 23.2. The molecule has 0 aliphatic rings. The number of carbonyl (C=O) groups is 2. The zero-order valence-electron chi connectivity index (χ0n) is 12.5. The Hall–Kier alpha value is -2.76. The second-order valence-electron chi connectivity index (χ2n) is 4.40. The molecule has 22 heavy (non-hydrogen) atoms. The number of ether oxygens (including phenoxy) is 2. The van der Waals surface area contributed by atoms with E-state index in [4.69, 9.17) is 9.47 Å². The lowest BCUT2D eigenvalue weighted by Crippen LogP contribution is -2.15. The molecule has 0 radical (unpaired) electrons. The maximum absolute atomic E-state index is 11.6. The molecule has 2 aromatic rings. The van der Waals surface area contributed by atoms with E-state index in [9.17, 15) is 9.59 Å². The Morgan fingerprint density at radius 2 is 1.23 bits per heavy atom. The van der Waals surface area contributed by atoms with E-state index in [1.165, 1.54) is 0 Å². The highest BCUT2D eigenvalue weighted by molar-refractivity contribution is 6.07. The van der Waals surface area contributed by atoms with Crippen LogP contribution in [-0.4, -0.2) is 25.4 Å². The first-order chi connectivity index (χ1) is 10.7. The molecule has 0 saturated heterocycles. The number of fused-ring (bicyclic) bond motifs is 1. The second kappa shape index (κ2) is 7.31. The number of benzene rings is 2. The van der Waals surface area contributed by atoms with Crippen molar-refractivity contribution in [3.63, 3.8) is 0 Å². The van der Waals surface area contributed by atoms with Gasteiger partial charge in [0.25, 0.3) is 0 Å². The van der Waals surface area contributed by atoms with Gasteiger partial charge >= 0.3 is 12.2 Å². The molecule has 0 unspecified atom stereocenters. The Balaban J connectivity index is 2.34. The number of hydrogen-bond donors (Lipinski definition) is 2. The number of anilines is 2. The summed E-state index contributed by atoms with van der Waals surface area (Å²) in [5.74, 6) is 0. The molecular weight excluding hydrogens is 284 g/mol. The van der Waals surface area contributed by atoms with Crippen molar-refractivity contribution in [1.29, 1.82) is 0 Å². The molecule has 6 nitrogen and oxygen atoms in total. The van der Waals surface area contributed by atoms with Gasteiger partial charge in [0.1, 0.15) is 0 Å². The smallest absolute Gasteiger partial charge is 0.411 e. The number of amides is 2. The zero-order valence-corrected chi connectivity index (χ0v) is 12.5. The quantitative estimate of drug-likeness (QED) is 0.895. The lowest BCUT2D eigenvalue weighted by molar-refractivity contribution is 0.167. The molecule has 2 aromatic carbocycles. The molecule has 0 aliphatic carbocycles. The molecule has 6 heteroatoms. The molecule has 0 saturated carbocycles. The first-order valence-electron chi connectivity index (χ1n) is 7.05. The molecule has 0 heterocycles. The Kier molecular flexibility index (Phi) is 5.19. The Labute approximate surface area is 128 Å². The SMILES string of the molecule is CCOC(=O)Nc1ccc(NC(=O)OCC)c2ccccc12. The van der Waals surface area contributed by atoms with Gasteiger partial charge in [-0.25, -0.2) is 9.59 Å². The van der Waals surface area contributed by atoms with E-state index in [1.807, 2.05) is 24.3 Å². The van der Waals surface area contributed by atoms with Gasteiger partial charge in [-0.15, -0.1) is 0 Å². The van der Waals surface area contributed by atoms with Crippen molar-refractivity contribution < 1.29 is 19.1 Å². The van der Waals surface area contributed by atoms with Crippen molar-refractivity contribution in [2.45, 2.75) is 13.8 Å². The van der Waals surface area contributed by atoms with E-state index in [1.54, 1.807) is 26.0 Å². The number of nitrogens with one attached hydrogen (secondary N) is 2. The Bertz CT molecular complexity index is 626. The van der Waals surface area contributed by atoms with Gasteiger partial charge in [-0.05, 0) is 26.0 Å². The minimum Gasteiger partial charge on any atom is -0.450 e. The average molecular weight is 302 g/mol. The third kappa shape index (κ3) is 3.66. The molecule has 0 atom stereocenters. The van der Waals surface area contributed by atoms with Crippen LogP contribution in [-0.2, 0) is 9.47 Å².